The standard InChI is InChI=1S/C10H8N2O4/c13-7-2-1-6(5-8(7)14)10(15)11-9-3-4-16-12-9/h1-5,13-14H,(H,11,12,15). The Hall–Kier alpha value is -2.50. The average Bonchev–Trinajstić information content (AvgIpc) is 2.74. The molecule has 1 heterocycles. The monoisotopic (exact) mass is 220 g/mol. The van der Waals surface area contributed by atoms with Gasteiger partial charge in [0.25, 0.3) is 5.91 Å². The molecule has 0 aliphatic rings. The number of hydrogen-bond donors (Lipinski definition) is 3. The van der Waals surface area contributed by atoms with Crippen molar-refractivity contribution in [3.63, 3.8) is 0 Å². The minimum absolute atomic E-state index is 0.207. The van der Waals surface area contributed by atoms with Gasteiger partial charge in [0.2, 0.25) is 0 Å². The van der Waals surface area contributed by atoms with Gasteiger partial charge in [0.05, 0.1) is 0 Å². The number of benzene rings is 1. The van der Waals surface area contributed by atoms with Gasteiger partial charge in [0.15, 0.2) is 17.3 Å². The Morgan fingerprint density at radius 3 is 2.69 bits per heavy atom. The van der Waals surface area contributed by atoms with E-state index in [4.69, 9.17) is 5.11 Å². The van der Waals surface area contributed by atoms with Crippen molar-refractivity contribution in [3.8, 4) is 11.5 Å². The Morgan fingerprint density at radius 1 is 1.25 bits per heavy atom. The lowest BCUT2D eigenvalue weighted by atomic mass is 10.2. The molecule has 6 nitrogen and oxygen atoms in total. The van der Waals surface area contributed by atoms with Gasteiger partial charge in [0, 0.05) is 11.6 Å². The molecule has 1 amide bonds. The predicted octanol–water partition coefficient (Wildman–Crippen LogP) is 1.34. The number of hydrogen-bond acceptors (Lipinski definition) is 5. The Morgan fingerprint density at radius 2 is 2.06 bits per heavy atom. The third kappa shape index (κ3) is 1.95. The number of phenolic OH excluding ortho intramolecular Hbond substituents is 2. The number of nitrogens with zero attached hydrogens (tertiary/aromatic N) is 1. The summed E-state index contributed by atoms with van der Waals surface area (Å²) in [5.74, 6) is -0.812. The number of carbonyl (C=O) groups excluding carboxylic acids is 1. The van der Waals surface area contributed by atoms with E-state index in [-0.39, 0.29) is 22.9 Å². The summed E-state index contributed by atoms with van der Waals surface area (Å²) < 4.78 is 4.54. The van der Waals surface area contributed by atoms with E-state index in [1.165, 1.54) is 24.5 Å². The van der Waals surface area contributed by atoms with Crippen LogP contribution >= 0.6 is 0 Å². The first-order valence-electron chi connectivity index (χ1n) is 4.40. The highest BCUT2D eigenvalue weighted by Gasteiger charge is 2.10. The van der Waals surface area contributed by atoms with Crippen LogP contribution in [0.2, 0.25) is 0 Å². The molecular weight excluding hydrogens is 212 g/mol. The van der Waals surface area contributed by atoms with E-state index in [1.807, 2.05) is 0 Å². The van der Waals surface area contributed by atoms with Gasteiger partial charge < -0.3 is 20.1 Å². The van der Waals surface area contributed by atoms with E-state index in [0.29, 0.717) is 0 Å². The minimum atomic E-state index is -0.454. The summed E-state index contributed by atoms with van der Waals surface area (Å²) in [6.45, 7) is 0. The number of anilines is 1. The molecule has 2 rings (SSSR count). The second-order valence-electron chi connectivity index (χ2n) is 3.04. The smallest absolute Gasteiger partial charge is 0.257 e. The number of rotatable bonds is 2. The van der Waals surface area contributed by atoms with Gasteiger partial charge in [-0.05, 0) is 18.2 Å². The summed E-state index contributed by atoms with van der Waals surface area (Å²) in [6, 6.07) is 5.25. The second kappa shape index (κ2) is 3.93. The number of aromatic nitrogens is 1. The van der Waals surface area contributed by atoms with Crippen molar-refractivity contribution in [2.45, 2.75) is 0 Å². The molecule has 0 aliphatic carbocycles. The molecule has 0 saturated carbocycles. The predicted molar refractivity (Wildman–Crippen MR) is 54.2 cm³/mol. The van der Waals surface area contributed by atoms with Crippen LogP contribution in [0.1, 0.15) is 10.4 Å². The van der Waals surface area contributed by atoms with E-state index < -0.39 is 5.91 Å². The van der Waals surface area contributed by atoms with Crippen LogP contribution in [-0.4, -0.2) is 21.3 Å². The number of phenols is 2. The molecule has 0 fully saturated rings. The fraction of sp³-hybridized carbons (Fsp3) is 0. The van der Waals surface area contributed by atoms with Crippen molar-refractivity contribution in [2.75, 3.05) is 5.32 Å². The maximum atomic E-state index is 11.6. The van der Waals surface area contributed by atoms with Gasteiger partial charge in [-0.3, -0.25) is 4.79 Å². The number of nitrogens with one attached hydrogen (secondary N) is 1. The second-order valence-corrected chi connectivity index (χ2v) is 3.04. The Labute approximate surface area is 90.1 Å². The Balaban J connectivity index is 2.18. The summed E-state index contributed by atoms with van der Waals surface area (Å²) in [7, 11) is 0. The van der Waals surface area contributed by atoms with E-state index >= 15 is 0 Å². The van der Waals surface area contributed by atoms with Gasteiger partial charge >= 0.3 is 0 Å². The summed E-state index contributed by atoms with van der Waals surface area (Å²) in [4.78, 5) is 11.6. The maximum Gasteiger partial charge on any atom is 0.257 e. The van der Waals surface area contributed by atoms with E-state index in [9.17, 15) is 9.90 Å². The van der Waals surface area contributed by atoms with Crippen LogP contribution in [0.3, 0.4) is 0 Å². The lowest BCUT2D eigenvalue weighted by molar-refractivity contribution is 0.102. The lowest BCUT2D eigenvalue weighted by Gasteiger charge is -2.02. The molecule has 0 spiro atoms. The zero-order valence-electron chi connectivity index (χ0n) is 8.04. The van der Waals surface area contributed by atoms with Crippen LogP contribution in [-0.2, 0) is 0 Å². The number of aromatic hydroxyl groups is 2. The van der Waals surface area contributed by atoms with Crippen LogP contribution in [0.15, 0.2) is 35.1 Å². The van der Waals surface area contributed by atoms with Gasteiger partial charge in [-0.2, -0.15) is 0 Å². The molecule has 0 atom stereocenters. The molecule has 3 N–H and O–H groups in total. The van der Waals surface area contributed by atoms with Crippen molar-refractivity contribution < 1.29 is 19.5 Å². The molecule has 82 valence electrons. The highest BCUT2D eigenvalue weighted by molar-refractivity contribution is 6.04. The molecule has 0 aliphatic heterocycles. The SMILES string of the molecule is O=C(Nc1ccon1)c1ccc(O)c(O)c1. The van der Waals surface area contributed by atoms with E-state index in [1.54, 1.807) is 0 Å². The quantitative estimate of drug-likeness (QED) is 0.663. The zero-order chi connectivity index (χ0) is 11.5. The Kier molecular flexibility index (Phi) is 2.47. The maximum absolute atomic E-state index is 11.6. The third-order valence-corrected chi connectivity index (χ3v) is 1.92. The molecule has 1 aromatic heterocycles. The van der Waals surface area contributed by atoms with Crippen molar-refractivity contribution in [3.05, 3.63) is 36.1 Å². The fourth-order valence-electron chi connectivity index (χ4n) is 1.13. The molecule has 1 aromatic carbocycles. The summed E-state index contributed by atoms with van der Waals surface area (Å²) in [5, 5.41) is 24.2. The number of amides is 1. The van der Waals surface area contributed by atoms with E-state index in [2.05, 4.69) is 15.0 Å². The van der Waals surface area contributed by atoms with Crippen LogP contribution in [0.4, 0.5) is 5.82 Å². The van der Waals surface area contributed by atoms with Crippen LogP contribution in [0, 0.1) is 0 Å². The van der Waals surface area contributed by atoms with Gasteiger partial charge in [-0.25, -0.2) is 0 Å². The van der Waals surface area contributed by atoms with Crippen LogP contribution in [0.25, 0.3) is 0 Å². The average molecular weight is 220 g/mol. The van der Waals surface area contributed by atoms with E-state index in [0.717, 1.165) is 6.07 Å². The zero-order valence-corrected chi connectivity index (χ0v) is 8.04. The molecule has 0 bridgehead atoms. The lowest BCUT2D eigenvalue weighted by Crippen LogP contribution is -2.11. The first-order valence-corrected chi connectivity index (χ1v) is 4.40. The largest absolute Gasteiger partial charge is 0.504 e. The summed E-state index contributed by atoms with van der Waals surface area (Å²) in [6.07, 6.45) is 1.32. The molecule has 0 unspecified atom stereocenters. The third-order valence-electron chi connectivity index (χ3n) is 1.92. The molecular formula is C10H8N2O4. The highest BCUT2D eigenvalue weighted by atomic mass is 16.5. The fourth-order valence-corrected chi connectivity index (χ4v) is 1.13. The molecule has 0 saturated heterocycles. The Bertz CT molecular complexity index is 508. The summed E-state index contributed by atoms with van der Waals surface area (Å²) >= 11 is 0. The van der Waals surface area contributed by atoms with Crippen molar-refractivity contribution >= 4 is 11.7 Å². The van der Waals surface area contributed by atoms with Crippen molar-refractivity contribution in [1.82, 2.24) is 5.16 Å². The minimum Gasteiger partial charge on any atom is -0.504 e. The van der Waals surface area contributed by atoms with Crippen molar-refractivity contribution in [2.24, 2.45) is 0 Å². The normalized spacial score (nSPS) is 10.0. The van der Waals surface area contributed by atoms with Gasteiger partial charge in [-0.1, -0.05) is 5.16 Å². The van der Waals surface area contributed by atoms with Gasteiger partial charge in [0.1, 0.15) is 6.26 Å². The molecule has 2 aromatic rings. The van der Waals surface area contributed by atoms with Crippen LogP contribution in [0.5, 0.6) is 11.5 Å². The van der Waals surface area contributed by atoms with Crippen molar-refractivity contribution in [1.29, 1.82) is 0 Å². The molecule has 16 heavy (non-hydrogen) atoms. The number of carbonyl (C=O) groups is 1. The van der Waals surface area contributed by atoms with Gasteiger partial charge in [-0.15, -0.1) is 0 Å². The topological polar surface area (TPSA) is 95.6 Å². The molecule has 0 radical (unpaired) electrons. The van der Waals surface area contributed by atoms with Crippen LogP contribution < -0.4 is 5.32 Å². The first kappa shape index (κ1) is 10.0. The molecule has 6 heteroatoms. The summed E-state index contributed by atoms with van der Waals surface area (Å²) in [5.41, 5.74) is 0.207. The first-order chi connectivity index (χ1) is 7.66. The highest BCUT2D eigenvalue weighted by Crippen LogP contribution is 2.25.